The molecule has 0 saturated carbocycles. The highest BCUT2D eigenvalue weighted by atomic mass is 16.7. The summed E-state index contributed by atoms with van der Waals surface area (Å²) in [5, 5.41) is 0. The number of nitrogens with zero attached hydrogens (tertiary/aromatic N) is 1. The summed E-state index contributed by atoms with van der Waals surface area (Å²) in [5.41, 5.74) is 0. The summed E-state index contributed by atoms with van der Waals surface area (Å²) in [4.78, 5) is 0. The molecule has 0 amide bonds. The zero-order valence-electron chi connectivity index (χ0n) is 7.83. The summed E-state index contributed by atoms with van der Waals surface area (Å²) < 4.78 is 11.7. The fourth-order valence-corrected chi connectivity index (χ4v) is 1.02. The molecule has 0 radical (unpaired) electrons. The van der Waals surface area contributed by atoms with Gasteiger partial charge in [0.2, 0.25) is 6.29 Å². The Hall–Kier alpha value is -0.120. The molecule has 1 aliphatic rings. The van der Waals surface area contributed by atoms with Crippen LogP contribution in [0.1, 0.15) is 6.92 Å². The predicted molar refractivity (Wildman–Crippen MR) is 43.2 cm³/mol. The third kappa shape index (κ3) is 2.15. The molecule has 1 atom stereocenters. The van der Waals surface area contributed by atoms with E-state index in [1.54, 1.807) is 0 Å². The van der Waals surface area contributed by atoms with Crippen LogP contribution in [0.25, 0.3) is 0 Å². The van der Waals surface area contributed by atoms with Crippen molar-refractivity contribution in [1.29, 1.82) is 0 Å². The van der Waals surface area contributed by atoms with Crippen LogP contribution in [0.4, 0.5) is 0 Å². The second-order valence-corrected chi connectivity index (χ2v) is 3.97. The van der Waals surface area contributed by atoms with E-state index in [0.717, 1.165) is 17.7 Å². The third-order valence-electron chi connectivity index (χ3n) is 2.26. The van der Waals surface area contributed by atoms with E-state index in [4.69, 9.17) is 9.47 Å². The highest BCUT2D eigenvalue weighted by Crippen LogP contribution is 2.15. The van der Waals surface area contributed by atoms with Gasteiger partial charge in [0.05, 0.1) is 34.4 Å². The van der Waals surface area contributed by atoms with Crippen molar-refractivity contribution in [3.8, 4) is 0 Å². The molecule has 11 heavy (non-hydrogen) atoms. The minimum Gasteiger partial charge on any atom is -0.345 e. The van der Waals surface area contributed by atoms with Crippen LogP contribution in [0.15, 0.2) is 0 Å². The molecule has 1 fully saturated rings. The summed E-state index contributed by atoms with van der Waals surface area (Å²) in [5.74, 6) is 0. The van der Waals surface area contributed by atoms with E-state index in [-0.39, 0.29) is 6.29 Å². The van der Waals surface area contributed by atoms with Crippen LogP contribution in [-0.2, 0) is 9.47 Å². The third-order valence-corrected chi connectivity index (χ3v) is 2.26. The summed E-state index contributed by atoms with van der Waals surface area (Å²) >= 11 is 0. The Morgan fingerprint density at radius 2 is 1.64 bits per heavy atom. The van der Waals surface area contributed by atoms with E-state index in [0.29, 0.717) is 6.04 Å². The van der Waals surface area contributed by atoms with Crippen LogP contribution in [0.3, 0.4) is 0 Å². The summed E-state index contributed by atoms with van der Waals surface area (Å²) in [6, 6.07) is 0.400. The standard InChI is InChI=1S/C8H18NO2/c1-7(9(2,3)4)8-10-5-6-11-8/h7-8H,5-6H2,1-4H3/q+1. The van der Waals surface area contributed by atoms with E-state index >= 15 is 0 Å². The number of hydrogen-bond donors (Lipinski definition) is 0. The van der Waals surface area contributed by atoms with E-state index in [2.05, 4.69) is 28.1 Å². The van der Waals surface area contributed by atoms with Crippen LogP contribution in [0, 0.1) is 0 Å². The van der Waals surface area contributed by atoms with E-state index in [9.17, 15) is 0 Å². The average molecular weight is 160 g/mol. The van der Waals surface area contributed by atoms with E-state index in [1.165, 1.54) is 0 Å². The molecule has 0 bridgehead atoms. The maximum Gasteiger partial charge on any atom is 0.210 e. The molecule has 1 saturated heterocycles. The molecule has 1 aliphatic heterocycles. The molecule has 1 unspecified atom stereocenters. The van der Waals surface area contributed by atoms with Gasteiger partial charge < -0.3 is 14.0 Å². The molecule has 0 aromatic heterocycles. The number of hydrogen-bond acceptors (Lipinski definition) is 2. The van der Waals surface area contributed by atoms with Crippen LogP contribution >= 0.6 is 0 Å². The number of quaternary nitrogens is 1. The van der Waals surface area contributed by atoms with Crippen molar-refractivity contribution in [3.05, 3.63) is 0 Å². The molecular weight excluding hydrogens is 142 g/mol. The molecule has 66 valence electrons. The predicted octanol–water partition coefficient (Wildman–Crippen LogP) is 0.454. The van der Waals surface area contributed by atoms with Gasteiger partial charge in [-0.1, -0.05) is 0 Å². The van der Waals surface area contributed by atoms with Gasteiger partial charge in [-0.3, -0.25) is 0 Å². The summed E-state index contributed by atoms with van der Waals surface area (Å²) in [7, 11) is 6.45. The fourth-order valence-electron chi connectivity index (χ4n) is 1.02. The lowest BCUT2D eigenvalue weighted by atomic mass is 10.2. The van der Waals surface area contributed by atoms with Gasteiger partial charge in [-0.25, -0.2) is 0 Å². The van der Waals surface area contributed by atoms with E-state index in [1.807, 2.05) is 0 Å². The Morgan fingerprint density at radius 3 is 2.00 bits per heavy atom. The quantitative estimate of drug-likeness (QED) is 0.546. The first-order chi connectivity index (χ1) is 5.02. The second-order valence-electron chi connectivity index (χ2n) is 3.97. The Morgan fingerprint density at radius 1 is 1.18 bits per heavy atom. The first kappa shape index (κ1) is 8.97. The van der Waals surface area contributed by atoms with Gasteiger partial charge in [0.1, 0.15) is 6.04 Å². The van der Waals surface area contributed by atoms with Crippen LogP contribution in [0.5, 0.6) is 0 Å². The van der Waals surface area contributed by atoms with Crippen molar-refractivity contribution >= 4 is 0 Å². The number of ether oxygens (including phenoxy) is 2. The zero-order valence-corrected chi connectivity index (χ0v) is 7.83. The minimum absolute atomic E-state index is 0.00463. The topological polar surface area (TPSA) is 18.5 Å². The Labute approximate surface area is 68.5 Å². The number of likely N-dealkylation sites (N-methyl/N-ethyl adjacent to an activating group) is 1. The number of rotatable bonds is 2. The molecule has 3 nitrogen and oxygen atoms in total. The second kappa shape index (κ2) is 3.09. The lowest BCUT2D eigenvalue weighted by Crippen LogP contribution is -2.50. The Kier molecular flexibility index (Phi) is 2.52. The molecule has 0 N–H and O–H groups in total. The first-order valence-electron chi connectivity index (χ1n) is 4.06. The molecule has 1 heterocycles. The SMILES string of the molecule is CC(C1OCCO1)[N+](C)(C)C. The van der Waals surface area contributed by atoms with Gasteiger partial charge in [0, 0.05) is 0 Å². The van der Waals surface area contributed by atoms with Crippen molar-refractivity contribution in [3.63, 3.8) is 0 Å². The normalized spacial score (nSPS) is 24.0. The lowest BCUT2D eigenvalue weighted by Gasteiger charge is -2.33. The smallest absolute Gasteiger partial charge is 0.210 e. The Bertz CT molecular complexity index is 125. The van der Waals surface area contributed by atoms with Crippen LogP contribution in [-0.4, -0.2) is 51.2 Å². The molecular formula is C8H18NO2+. The van der Waals surface area contributed by atoms with Crippen molar-refractivity contribution < 1.29 is 14.0 Å². The summed E-state index contributed by atoms with van der Waals surface area (Å²) in [6.07, 6.45) is -0.00463. The van der Waals surface area contributed by atoms with Crippen molar-refractivity contribution in [2.45, 2.75) is 19.3 Å². The molecule has 0 spiro atoms. The van der Waals surface area contributed by atoms with Gasteiger partial charge in [0.15, 0.2) is 0 Å². The molecule has 0 aliphatic carbocycles. The van der Waals surface area contributed by atoms with Gasteiger partial charge >= 0.3 is 0 Å². The van der Waals surface area contributed by atoms with E-state index < -0.39 is 0 Å². The van der Waals surface area contributed by atoms with Gasteiger partial charge in [0.25, 0.3) is 0 Å². The van der Waals surface area contributed by atoms with Crippen molar-refractivity contribution in [1.82, 2.24) is 0 Å². The van der Waals surface area contributed by atoms with Crippen molar-refractivity contribution in [2.24, 2.45) is 0 Å². The zero-order chi connectivity index (χ0) is 8.48. The monoisotopic (exact) mass is 160 g/mol. The maximum absolute atomic E-state index is 5.40. The van der Waals surface area contributed by atoms with Crippen LogP contribution in [0.2, 0.25) is 0 Å². The van der Waals surface area contributed by atoms with Gasteiger partial charge in [-0.05, 0) is 6.92 Å². The van der Waals surface area contributed by atoms with Crippen LogP contribution < -0.4 is 0 Å². The largest absolute Gasteiger partial charge is 0.345 e. The lowest BCUT2D eigenvalue weighted by molar-refractivity contribution is -0.900. The average Bonchev–Trinajstić information content (AvgIpc) is 2.34. The summed E-state index contributed by atoms with van der Waals surface area (Å²) in [6.45, 7) is 3.64. The van der Waals surface area contributed by atoms with Gasteiger partial charge in [-0.2, -0.15) is 0 Å². The first-order valence-corrected chi connectivity index (χ1v) is 4.06. The molecule has 1 rings (SSSR count). The minimum atomic E-state index is -0.00463. The highest BCUT2D eigenvalue weighted by Gasteiger charge is 2.32. The fraction of sp³-hybridized carbons (Fsp3) is 1.00. The maximum atomic E-state index is 5.40. The molecule has 0 aromatic rings. The van der Waals surface area contributed by atoms with Crippen molar-refractivity contribution in [2.75, 3.05) is 34.4 Å². The van der Waals surface area contributed by atoms with Gasteiger partial charge in [-0.15, -0.1) is 0 Å². The Balaban J connectivity index is 2.46. The molecule has 0 aromatic carbocycles. The highest BCUT2D eigenvalue weighted by molar-refractivity contribution is 4.59. The molecule has 3 heteroatoms.